The summed E-state index contributed by atoms with van der Waals surface area (Å²) in [6.07, 6.45) is -0.811. The van der Waals surface area contributed by atoms with Gasteiger partial charge < -0.3 is 24.0 Å². The van der Waals surface area contributed by atoms with Crippen LogP contribution in [0.4, 0.5) is 19.3 Å². The van der Waals surface area contributed by atoms with Gasteiger partial charge in [0.05, 0.1) is 29.8 Å². The van der Waals surface area contributed by atoms with Crippen molar-refractivity contribution in [1.29, 1.82) is 5.26 Å². The highest BCUT2D eigenvalue weighted by Crippen LogP contribution is 2.32. The van der Waals surface area contributed by atoms with Crippen molar-refractivity contribution in [2.24, 2.45) is 0 Å². The number of nitrogens with zero attached hydrogens (tertiary/aromatic N) is 4. The highest BCUT2D eigenvalue weighted by atomic mass is 32.2. The molecule has 1 N–H and O–H groups in total. The molecule has 3 heterocycles. The van der Waals surface area contributed by atoms with Gasteiger partial charge in [-0.1, -0.05) is 6.08 Å². The van der Waals surface area contributed by atoms with E-state index in [0.29, 0.717) is 0 Å². The summed E-state index contributed by atoms with van der Waals surface area (Å²) in [6.45, 7) is -0.161. The SMILES string of the molecule is N#CCCS(=O)(=O)C[C@H](O)C(=O)N1CC=C(c2c(F)cc(N3C[C@H](COc4ccon4)OC3=O)cc2F)CC1. The van der Waals surface area contributed by atoms with E-state index in [9.17, 15) is 23.1 Å². The van der Waals surface area contributed by atoms with E-state index in [1.807, 2.05) is 0 Å². The van der Waals surface area contributed by atoms with E-state index in [4.69, 9.17) is 14.7 Å². The zero-order valence-electron chi connectivity index (χ0n) is 20.5. The van der Waals surface area contributed by atoms with Crippen LogP contribution in [0.15, 0.2) is 35.1 Å². The molecule has 0 bridgehead atoms. The summed E-state index contributed by atoms with van der Waals surface area (Å²) in [5.74, 6) is -3.78. The van der Waals surface area contributed by atoms with Crippen molar-refractivity contribution in [2.75, 3.05) is 42.6 Å². The number of aliphatic hydroxyl groups excluding tert-OH is 1. The summed E-state index contributed by atoms with van der Waals surface area (Å²) >= 11 is 0. The van der Waals surface area contributed by atoms with Crippen LogP contribution in [-0.2, 0) is 19.4 Å². The molecular formula is C24H24F2N4O8S. The number of halogens is 2. The Morgan fingerprint density at radius 3 is 2.69 bits per heavy atom. The average Bonchev–Trinajstić information content (AvgIpc) is 3.55. The first-order chi connectivity index (χ1) is 18.6. The monoisotopic (exact) mass is 566 g/mol. The van der Waals surface area contributed by atoms with Crippen LogP contribution < -0.4 is 9.64 Å². The van der Waals surface area contributed by atoms with Gasteiger partial charge in [-0.2, -0.15) is 5.26 Å². The maximum atomic E-state index is 15.1. The van der Waals surface area contributed by atoms with Crippen LogP contribution in [0.5, 0.6) is 5.88 Å². The van der Waals surface area contributed by atoms with Gasteiger partial charge in [0.1, 0.15) is 30.6 Å². The molecule has 12 nitrogen and oxygen atoms in total. The van der Waals surface area contributed by atoms with E-state index in [2.05, 4.69) is 9.68 Å². The Labute approximate surface area is 221 Å². The molecule has 15 heteroatoms. The number of hydrogen-bond acceptors (Lipinski definition) is 10. The number of cyclic esters (lactones) is 1. The van der Waals surface area contributed by atoms with Crippen LogP contribution >= 0.6 is 0 Å². The minimum atomic E-state index is -3.81. The molecule has 2 amide bonds. The van der Waals surface area contributed by atoms with E-state index >= 15 is 8.78 Å². The fourth-order valence-electron chi connectivity index (χ4n) is 4.20. The summed E-state index contributed by atoms with van der Waals surface area (Å²) in [5.41, 5.74) is -0.0831. The number of sulfone groups is 1. The molecule has 0 unspecified atom stereocenters. The van der Waals surface area contributed by atoms with Gasteiger partial charge in [0, 0.05) is 31.1 Å². The number of carbonyl (C=O) groups excluding carboxylic acids is 2. The lowest BCUT2D eigenvalue weighted by atomic mass is 9.97. The van der Waals surface area contributed by atoms with Gasteiger partial charge in [-0.3, -0.25) is 9.69 Å². The normalized spacial score (nSPS) is 18.4. The van der Waals surface area contributed by atoms with Gasteiger partial charge in [0.2, 0.25) is 0 Å². The molecule has 39 heavy (non-hydrogen) atoms. The molecule has 208 valence electrons. The number of nitriles is 1. The number of aromatic nitrogens is 1. The van der Waals surface area contributed by atoms with Gasteiger partial charge in [-0.15, -0.1) is 0 Å². The third-order valence-corrected chi connectivity index (χ3v) is 7.76. The van der Waals surface area contributed by atoms with E-state index in [1.54, 1.807) is 6.07 Å². The van der Waals surface area contributed by atoms with Crippen molar-refractivity contribution < 1.29 is 45.9 Å². The van der Waals surface area contributed by atoms with Gasteiger partial charge in [-0.05, 0) is 29.3 Å². The predicted molar refractivity (Wildman–Crippen MR) is 130 cm³/mol. The predicted octanol–water partition coefficient (Wildman–Crippen LogP) is 1.66. The average molecular weight is 567 g/mol. The molecule has 2 aliphatic heterocycles. The standard InChI is InChI=1S/C24H24F2N4O8S/c25-18-10-16(30-12-17(38-24(30)33)13-36-21-4-8-37-28-21)11-19(26)22(18)15-2-6-29(7-3-15)23(32)20(31)14-39(34,35)9-1-5-27/h2,4,8,10-11,17,20,31H,1,3,6-7,9,12-14H2/t17-,20+/m1/s1. The van der Waals surface area contributed by atoms with Crippen molar-refractivity contribution in [3.63, 3.8) is 0 Å². The van der Waals surface area contributed by atoms with Crippen molar-refractivity contribution in [1.82, 2.24) is 10.1 Å². The van der Waals surface area contributed by atoms with Crippen molar-refractivity contribution in [3.8, 4) is 11.9 Å². The van der Waals surface area contributed by atoms with Gasteiger partial charge in [0.15, 0.2) is 15.9 Å². The van der Waals surface area contributed by atoms with Gasteiger partial charge in [0.25, 0.3) is 11.8 Å². The number of aliphatic hydroxyl groups is 1. The molecule has 2 atom stereocenters. The second kappa shape index (κ2) is 11.8. The molecule has 0 saturated carbocycles. The van der Waals surface area contributed by atoms with Crippen molar-refractivity contribution in [2.45, 2.75) is 25.0 Å². The Balaban J connectivity index is 1.39. The van der Waals surface area contributed by atoms with Crippen molar-refractivity contribution >= 4 is 33.1 Å². The molecule has 4 rings (SSSR count). The van der Waals surface area contributed by atoms with E-state index in [-0.39, 0.29) is 61.8 Å². The second-order valence-corrected chi connectivity index (χ2v) is 11.1. The van der Waals surface area contributed by atoms with Gasteiger partial charge in [-0.25, -0.2) is 22.0 Å². The first kappa shape index (κ1) is 28.0. The molecule has 2 aliphatic rings. The lowest BCUT2D eigenvalue weighted by molar-refractivity contribution is -0.138. The van der Waals surface area contributed by atoms with Crippen LogP contribution in [0.2, 0.25) is 0 Å². The van der Waals surface area contributed by atoms with Crippen molar-refractivity contribution in [3.05, 3.63) is 47.7 Å². The minimum absolute atomic E-state index is 0.00769. The fraction of sp³-hybridized carbons (Fsp3) is 0.417. The highest BCUT2D eigenvalue weighted by molar-refractivity contribution is 7.91. The number of ether oxygens (including phenoxy) is 2. The Hall–Kier alpha value is -4.03. The molecule has 2 aromatic rings. The smallest absolute Gasteiger partial charge is 0.414 e. The molecule has 0 aliphatic carbocycles. The minimum Gasteiger partial charge on any atom is -0.471 e. The first-order valence-electron chi connectivity index (χ1n) is 11.8. The van der Waals surface area contributed by atoms with E-state index < -0.39 is 57.2 Å². The summed E-state index contributed by atoms with van der Waals surface area (Å²) < 4.78 is 69.1. The third kappa shape index (κ3) is 6.70. The number of amides is 2. The number of hydrogen-bond donors (Lipinski definition) is 1. The number of rotatable bonds is 10. The zero-order valence-corrected chi connectivity index (χ0v) is 21.3. The topological polar surface area (TPSA) is 163 Å². The molecular weight excluding hydrogens is 542 g/mol. The molecule has 1 fully saturated rings. The first-order valence-corrected chi connectivity index (χ1v) is 13.6. The lowest BCUT2D eigenvalue weighted by Crippen LogP contribution is -2.44. The number of anilines is 1. The number of benzene rings is 1. The zero-order chi connectivity index (χ0) is 28.2. The number of carbonyl (C=O) groups is 2. The fourth-order valence-corrected chi connectivity index (χ4v) is 5.39. The maximum absolute atomic E-state index is 15.1. The molecule has 0 spiro atoms. The Morgan fingerprint density at radius 2 is 2.08 bits per heavy atom. The van der Waals surface area contributed by atoms with E-state index in [0.717, 1.165) is 17.0 Å². The molecule has 0 radical (unpaired) electrons. The third-order valence-electron chi connectivity index (χ3n) is 6.11. The highest BCUT2D eigenvalue weighted by Gasteiger charge is 2.35. The lowest BCUT2D eigenvalue weighted by Gasteiger charge is -2.29. The van der Waals surface area contributed by atoms with Gasteiger partial charge >= 0.3 is 6.09 Å². The van der Waals surface area contributed by atoms with Crippen LogP contribution in [-0.4, -0.2) is 85.5 Å². The second-order valence-electron chi connectivity index (χ2n) is 8.85. The largest absolute Gasteiger partial charge is 0.471 e. The molecule has 1 aromatic carbocycles. The van der Waals surface area contributed by atoms with E-state index in [1.165, 1.54) is 23.3 Å². The summed E-state index contributed by atoms with van der Waals surface area (Å²) in [4.78, 5) is 27.0. The van der Waals surface area contributed by atoms with Crippen LogP contribution in [0.25, 0.3) is 5.57 Å². The summed E-state index contributed by atoms with van der Waals surface area (Å²) in [7, 11) is -3.81. The van der Waals surface area contributed by atoms with Crippen LogP contribution in [0.1, 0.15) is 18.4 Å². The summed E-state index contributed by atoms with van der Waals surface area (Å²) in [6, 6.07) is 5.18. The maximum Gasteiger partial charge on any atom is 0.414 e. The Kier molecular flexibility index (Phi) is 8.46. The molecule has 1 aromatic heterocycles. The van der Waals surface area contributed by atoms with Crippen LogP contribution in [0, 0.1) is 23.0 Å². The van der Waals surface area contributed by atoms with Crippen LogP contribution in [0.3, 0.4) is 0 Å². The molecule has 1 saturated heterocycles. The Morgan fingerprint density at radius 1 is 1.33 bits per heavy atom. The Bertz CT molecular complexity index is 1380. The summed E-state index contributed by atoms with van der Waals surface area (Å²) in [5, 5.41) is 22.2. The quantitative estimate of drug-likeness (QED) is 0.447.